The summed E-state index contributed by atoms with van der Waals surface area (Å²) in [4.78, 5) is 2.10. The van der Waals surface area contributed by atoms with Crippen molar-refractivity contribution in [2.75, 3.05) is 21.2 Å². The van der Waals surface area contributed by atoms with E-state index in [4.69, 9.17) is 10.00 Å². The van der Waals surface area contributed by atoms with E-state index in [2.05, 4.69) is 43.9 Å². The highest BCUT2D eigenvalue weighted by molar-refractivity contribution is 5.45. The third kappa shape index (κ3) is 3.48. The Bertz CT molecular complexity index is 472. The van der Waals surface area contributed by atoms with Crippen molar-refractivity contribution in [2.24, 2.45) is 0 Å². The Hall–Kier alpha value is -1.53. The van der Waals surface area contributed by atoms with Crippen LogP contribution in [0, 0.1) is 18.3 Å². The second-order valence-electron chi connectivity index (χ2n) is 5.45. The molecule has 0 heterocycles. The lowest BCUT2D eigenvalue weighted by molar-refractivity contribution is 0.302. The Labute approximate surface area is 116 Å². The molecule has 0 fully saturated rings. The number of aryl methyl sites for hydroxylation is 1. The Morgan fingerprint density at radius 1 is 1.26 bits per heavy atom. The summed E-state index contributed by atoms with van der Waals surface area (Å²) in [5.41, 5.74) is 3.60. The Morgan fingerprint density at radius 2 is 1.89 bits per heavy atom. The van der Waals surface area contributed by atoms with Crippen molar-refractivity contribution in [2.45, 2.75) is 39.2 Å². The van der Waals surface area contributed by atoms with Gasteiger partial charge in [-0.1, -0.05) is 13.8 Å². The van der Waals surface area contributed by atoms with Crippen molar-refractivity contribution >= 4 is 0 Å². The Kier molecular flexibility index (Phi) is 5.38. The molecule has 0 saturated heterocycles. The Morgan fingerprint density at radius 3 is 2.32 bits per heavy atom. The van der Waals surface area contributed by atoms with Crippen LogP contribution in [0.1, 0.15) is 48.9 Å². The minimum atomic E-state index is 0.133. The van der Waals surface area contributed by atoms with E-state index in [1.165, 1.54) is 16.7 Å². The van der Waals surface area contributed by atoms with Crippen molar-refractivity contribution in [3.63, 3.8) is 0 Å². The van der Waals surface area contributed by atoms with Crippen molar-refractivity contribution in [1.29, 1.82) is 5.26 Å². The molecule has 0 radical (unpaired) electrons. The zero-order chi connectivity index (χ0) is 14.6. The maximum absolute atomic E-state index is 9.02. The van der Waals surface area contributed by atoms with Gasteiger partial charge < -0.3 is 9.64 Å². The van der Waals surface area contributed by atoms with Crippen molar-refractivity contribution in [3.8, 4) is 11.8 Å². The van der Waals surface area contributed by atoms with Crippen LogP contribution in [-0.4, -0.2) is 26.1 Å². The first-order valence-corrected chi connectivity index (χ1v) is 6.64. The van der Waals surface area contributed by atoms with Gasteiger partial charge in [0.2, 0.25) is 0 Å². The smallest absolute Gasteiger partial charge is 0.122 e. The fraction of sp³-hybridized carbons (Fsp3) is 0.562. The summed E-state index contributed by atoms with van der Waals surface area (Å²) < 4.78 is 5.46. The molecule has 1 unspecified atom stereocenters. The first kappa shape index (κ1) is 15.5. The van der Waals surface area contributed by atoms with Gasteiger partial charge in [-0.15, -0.1) is 0 Å². The van der Waals surface area contributed by atoms with E-state index in [1.807, 2.05) is 14.1 Å². The van der Waals surface area contributed by atoms with Crippen LogP contribution >= 0.6 is 0 Å². The molecule has 0 aliphatic carbocycles. The van der Waals surface area contributed by atoms with Gasteiger partial charge in [-0.3, -0.25) is 0 Å². The zero-order valence-electron chi connectivity index (χ0n) is 12.8. The lowest BCUT2D eigenvalue weighted by Crippen LogP contribution is -2.20. The van der Waals surface area contributed by atoms with Crippen LogP contribution in [0.15, 0.2) is 12.1 Å². The molecule has 3 nitrogen and oxygen atoms in total. The number of ether oxygens (including phenoxy) is 1. The maximum Gasteiger partial charge on any atom is 0.122 e. The lowest BCUT2D eigenvalue weighted by Gasteiger charge is -2.26. The topological polar surface area (TPSA) is 36.3 Å². The van der Waals surface area contributed by atoms with Gasteiger partial charge in [0.05, 0.1) is 19.6 Å². The molecule has 0 N–H and O–H groups in total. The molecular weight excluding hydrogens is 236 g/mol. The summed E-state index contributed by atoms with van der Waals surface area (Å²) in [6.07, 6.45) is 0.498. The summed E-state index contributed by atoms with van der Waals surface area (Å²) in [5.74, 6) is 1.34. The third-order valence-corrected chi connectivity index (χ3v) is 3.51. The first-order chi connectivity index (χ1) is 8.92. The van der Waals surface area contributed by atoms with E-state index in [1.54, 1.807) is 7.11 Å². The van der Waals surface area contributed by atoms with Crippen LogP contribution in [0.2, 0.25) is 0 Å². The molecule has 0 amide bonds. The summed E-state index contributed by atoms with van der Waals surface area (Å²) in [6.45, 7) is 6.40. The second kappa shape index (κ2) is 6.58. The van der Waals surface area contributed by atoms with Gasteiger partial charge in [0.1, 0.15) is 5.75 Å². The molecule has 1 rings (SSSR count). The van der Waals surface area contributed by atoms with Crippen LogP contribution in [-0.2, 0) is 0 Å². The molecule has 19 heavy (non-hydrogen) atoms. The predicted molar refractivity (Wildman–Crippen MR) is 78.5 cm³/mol. The normalized spacial score (nSPS) is 12.6. The molecule has 0 bridgehead atoms. The quantitative estimate of drug-likeness (QED) is 0.811. The van der Waals surface area contributed by atoms with E-state index >= 15 is 0 Å². The molecule has 1 atom stereocenters. The predicted octanol–water partition coefficient (Wildman–Crippen LogP) is 3.64. The molecule has 3 heteroatoms. The van der Waals surface area contributed by atoms with Gasteiger partial charge in [0.15, 0.2) is 0 Å². The molecule has 1 aromatic rings. The van der Waals surface area contributed by atoms with Gasteiger partial charge >= 0.3 is 0 Å². The lowest BCUT2D eigenvalue weighted by atomic mass is 9.91. The Balaban J connectivity index is 3.35. The number of hydrogen-bond acceptors (Lipinski definition) is 3. The van der Waals surface area contributed by atoms with Gasteiger partial charge in [0, 0.05) is 6.04 Å². The summed E-state index contributed by atoms with van der Waals surface area (Å²) >= 11 is 0. The molecule has 0 aliphatic heterocycles. The number of methoxy groups -OCH3 is 1. The highest BCUT2D eigenvalue weighted by Crippen LogP contribution is 2.34. The first-order valence-electron chi connectivity index (χ1n) is 6.64. The monoisotopic (exact) mass is 260 g/mol. The molecule has 0 spiro atoms. The SMILES string of the molecule is COc1cc(C)c(C(CC#N)N(C)C)cc1C(C)C. The number of benzene rings is 1. The van der Waals surface area contributed by atoms with Gasteiger partial charge in [0.25, 0.3) is 0 Å². The molecule has 0 saturated carbocycles. The molecule has 104 valence electrons. The average molecular weight is 260 g/mol. The number of nitriles is 1. The third-order valence-electron chi connectivity index (χ3n) is 3.51. The summed E-state index contributed by atoms with van der Waals surface area (Å²) in [6, 6.07) is 6.69. The molecular formula is C16H24N2O. The van der Waals surface area contributed by atoms with Crippen LogP contribution < -0.4 is 4.74 Å². The van der Waals surface area contributed by atoms with E-state index in [0.29, 0.717) is 12.3 Å². The summed E-state index contributed by atoms with van der Waals surface area (Å²) in [5, 5.41) is 9.02. The molecule has 1 aromatic carbocycles. The van der Waals surface area contributed by atoms with Gasteiger partial charge in [-0.05, 0) is 55.8 Å². The minimum Gasteiger partial charge on any atom is -0.496 e. The van der Waals surface area contributed by atoms with Crippen LogP contribution in [0.5, 0.6) is 5.75 Å². The van der Waals surface area contributed by atoms with E-state index in [-0.39, 0.29) is 6.04 Å². The van der Waals surface area contributed by atoms with Crippen LogP contribution in [0.4, 0.5) is 0 Å². The van der Waals surface area contributed by atoms with Crippen molar-refractivity contribution in [1.82, 2.24) is 4.90 Å². The fourth-order valence-corrected chi connectivity index (χ4v) is 2.36. The van der Waals surface area contributed by atoms with Crippen LogP contribution in [0.3, 0.4) is 0 Å². The van der Waals surface area contributed by atoms with E-state index in [9.17, 15) is 0 Å². The second-order valence-corrected chi connectivity index (χ2v) is 5.45. The fourth-order valence-electron chi connectivity index (χ4n) is 2.36. The number of rotatable bonds is 5. The van der Waals surface area contributed by atoms with Crippen molar-refractivity contribution in [3.05, 3.63) is 28.8 Å². The molecule has 0 aliphatic rings. The average Bonchev–Trinajstić information content (AvgIpc) is 2.35. The highest BCUT2D eigenvalue weighted by atomic mass is 16.5. The maximum atomic E-state index is 9.02. The van der Waals surface area contributed by atoms with Gasteiger partial charge in [-0.25, -0.2) is 0 Å². The minimum absolute atomic E-state index is 0.133. The summed E-state index contributed by atoms with van der Waals surface area (Å²) in [7, 11) is 5.74. The van der Waals surface area contributed by atoms with Gasteiger partial charge in [-0.2, -0.15) is 5.26 Å². The zero-order valence-corrected chi connectivity index (χ0v) is 12.8. The number of nitrogens with zero attached hydrogens (tertiary/aromatic N) is 2. The largest absolute Gasteiger partial charge is 0.496 e. The van der Waals surface area contributed by atoms with E-state index in [0.717, 1.165) is 5.75 Å². The standard InChI is InChI=1S/C16H24N2O/c1-11(2)13-10-14(12(3)9-16(13)19-6)15(7-8-17)18(4)5/h9-11,15H,7H2,1-6H3. The number of hydrogen-bond donors (Lipinski definition) is 0. The van der Waals surface area contributed by atoms with Crippen molar-refractivity contribution < 1.29 is 4.74 Å². The molecule has 0 aromatic heterocycles. The van der Waals surface area contributed by atoms with E-state index < -0.39 is 0 Å². The van der Waals surface area contributed by atoms with Crippen LogP contribution in [0.25, 0.3) is 0 Å². The highest BCUT2D eigenvalue weighted by Gasteiger charge is 2.19.